The third-order valence-electron chi connectivity index (χ3n) is 3.41. The monoisotopic (exact) mass is 232 g/mol. The van der Waals surface area contributed by atoms with E-state index >= 15 is 0 Å². The van der Waals surface area contributed by atoms with Crippen LogP contribution in [0.2, 0.25) is 0 Å². The number of carbonyl (C=O) groups is 1. The number of amides is 1. The minimum absolute atomic E-state index is 0. The molecular formula is C11H21ClN2O. The fourth-order valence-electron chi connectivity index (χ4n) is 2.50. The molecule has 2 fully saturated rings. The molecule has 1 amide bonds. The maximum atomic E-state index is 11.9. The Bertz CT molecular complexity index is 199. The summed E-state index contributed by atoms with van der Waals surface area (Å²) in [6, 6.07) is 0. The average molecular weight is 233 g/mol. The van der Waals surface area contributed by atoms with Gasteiger partial charge in [0.05, 0.1) is 0 Å². The van der Waals surface area contributed by atoms with Crippen molar-refractivity contribution in [1.82, 2.24) is 10.2 Å². The van der Waals surface area contributed by atoms with Crippen LogP contribution < -0.4 is 5.32 Å². The first-order valence-electron chi connectivity index (χ1n) is 5.85. The van der Waals surface area contributed by atoms with E-state index in [1.54, 1.807) is 0 Å². The van der Waals surface area contributed by atoms with Gasteiger partial charge in [-0.25, -0.2) is 0 Å². The second kappa shape index (κ2) is 6.33. The Labute approximate surface area is 98.0 Å². The van der Waals surface area contributed by atoms with Crippen molar-refractivity contribution in [3.8, 4) is 0 Å². The SMILES string of the molecule is Cl.O=C(CC1CCCC1)N1CCNCC1. The zero-order valence-electron chi connectivity index (χ0n) is 9.21. The summed E-state index contributed by atoms with van der Waals surface area (Å²) in [4.78, 5) is 13.9. The summed E-state index contributed by atoms with van der Waals surface area (Å²) in [5, 5.41) is 3.27. The van der Waals surface area contributed by atoms with Gasteiger partial charge in [0.2, 0.25) is 5.91 Å². The molecule has 4 heteroatoms. The Kier molecular flexibility index (Phi) is 5.40. The number of piperazine rings is 1. The minimum atomic E-state index is 0. The van der Waals surface area contributed by atoms with Gasteiger partial charge in [0, 0.05) is 32.6 Å². The van der Waals surface area contributed by atoms with Crippen molar-refractivity contribution < 1.29 is 4.79 Å². The van der Waals surface area contributed by atoms with Gasteiger partial charge < -0.3 is 10.2 Å². The van der Waals surface area contributed by atoms with Crippen LogP contribution >= 0.6 is 12.4 Å². The largest absolute Gasteiger partial charge is 0.340 e. The minimum Gasteiger partial charge on any atom is -0.340 e. The van der Waals surface area contributed by atoms with Gasteiger partial charge in [-0.1, -0.05) is 12.8 Å². The first-order valence-corrected chi connectivity index (χ1v) is 5.85. The molecule has 0 aromatic rings. The van der Waals surface area contributed by atoms with Gasteiger partial charge in [-0.3, -0.25) is 4.79 Å². The smallest absolute Gasteiger partial charge is 0.222 e. The van der Waals surface area contributed by atoms with Crippen LogP contribution in [-0.2, 0) is 4.79 Å². The van der Waals surface area contributed by atoms with Crippen molar-refractivity contribution >= 4 is 18.3 Å². The van der Waals surface area contributed by atoms with E-state index in [9.17, 15) is 4.79 Å². The molecule has 2 aliphatic rings. The first-order chi connectivity index (χ1) is 6.86. The topological polar surface area (TPSA) is 32.3 Å². The molecule has 0 radical (unpaired) electrons. The lowest BCUT2D eigenvalue weighted by Gasteiger charge is -2.28. The summed E-state index contributed by atoms with van der Waals surface area (Å²) < 4.78 is 0. The summed E-state index contributed by atoms with van der Waals surface area (Å²) in [6.45, 7) is 3.75. The first kappa shape index (κ1) is 12.8. The van der Waals surface area contributed by atoms with Gasteiger partial charge in [-0.05, 0) is 18.8 Å². The van der Waals surface area contributed by atoms with E-state index in [4.69, 9.17) is 0 Å². The van der Waals surface area contributed by atoms with Gasteiger partial charge in [-0.2, -0.15) is 0 Å². The molecule has 1 saturated carbocycles. The van der Waals surface area contributed by atoms with Crippen LogP contribution in [0.25, 0.3) is 0 Å². The molecule has 0 aromatic heterocycles. The molecule has 1 aliphatic heterocycles. The second-order valence-corrected chi connectivity index (χ2v) is 4.49. The van der Waals surface area contributed by atoms with Crippen molar-refractivity contribution in [2.75, 3.05) is 26.2 Å². The number of hydrogen-bond acceptors (Lipinski definition) is 2. The van der Waals surface area contributed by atoms with E-state index in [0.717, 1.165) is 32.6 Å². The standard InChI is InChI=1S/C11H20N2O.ClH/c14-11(9-10-3-1-2-4-10)13-7-5-12-6-8-13;/h10,12H,1-9H2;1H. The van der Waals surface area contributed by atoms with Gasteiger partial charge in [0.1, 0.15) is 0 Å². The molecule has 0 aromatic carbocycles. The van der Waals surface area contributed by atoms with Crippen LogP contribution in [0.15, 0.2) is 0 Å². The summed E-state index contributed by atoms with van der Waals surface area (Å²) in [6.07, 6.45) is 6.02. The Morgan fingerprint density at radius 2 is 1.80 bits per heavy atom. The summed E-state index contributed by atoms with van der Waals surface area (Å²) in [5.74, 6) is 1.08. The van der Waals surface area contributed by atoms with Crippen LogP contribution in [0.3, 0.4) is 0 Å². The van der Waals surface area contributed by atoms with Crippen LogP contribution in [0.4, 0.5) is 0 Å². The highest BCUT2D eigenvalue weighted by atomic mass is 35.5. The maximum Gasteiger partial charge on any atom is 0.222 e. The molecule has 1 N–H and O–H groups in total. The molecule has 0 spiro atoms. The predicted octanol–water partition coefficient (Wildman–Crippen LogP) is 1.42. The quantitative estimate of drug-likeness (QED) is 0.781. The van der Waals surface area contributed by atoms with E-state index < -0.39 is 0 Å². The third kappa shape index (κ3) is 3.65. The molecule has 1 saturated heterocycles. The molecule has 0 bridgehead atoms. The summed E-state index contributed by atoms with van der Waals surface area (Å²) in [5.41, 5.74) is 0. The third-order valence-corrected chi connectivity index (χ3v) is 3.41. The van der Waals surface area contributed by atoms with Crippen molar-refractivity contribution in [1.29, 1.82) is 0 Å². The van der Waals surface area contributed by atoms with E-state index in [2.05, 4.69) is 5.32 Å². The molecule has 3 nitrogen and oxygen atoms in total. The Balaban J connectivity index is 0.00000112. The lowest BCUT2D eigenvalue weighted by Crippen LogP contribution is -2.46. The van der Waals surface area contributed by atoms with Crippen LogP contribution in [-0.4, -0.2) is 37.0 Å². The van der Waals surface area contributed by atoms with Crippen molar-refractivity contribution in [3.05, 3.63) is 0 Å². The highest BCUT2D eigenvalue weighted by molar-refractivity contribution is 5.85. The van der Waals surface area contributed by atoms with E-state index in [-0.39, 0.29) is 12.4 Å². The molecule has 1 aliphatic carbocycles. The van der Waals surface area contributed by atoms with E-state index in [1.165, 1.54) is 25.7 Å². The van der Waals surface area contributed by atoms with E-state index in [1.807, 2.05) is 4.90 Å². The number of hydrogen-bond donors (Lipinski definition) is 1. The van der Waals surface area contributed by atoms with Gasteiger partial charge >= 0.3 is 0 Å². The van der Waals surface area contributed by atoms with Crippen molar-refractivity contribution in [3.63, 3.8) is 0 Å². The zero-order valence-corrected chi connectivity index (χ0v) is 10.0. The lowest BCUT2D eigenvalue weighted by atomic mass is 10.0. The molecule has 2 rings (SSSR count). The van der Waals surface area contributed by atoms with Crippen molar-refractivity contribution in [2.45, 2.75) is 32.1 Å². The number of nitrogens with zero attached hydrogens (tertiary/aromatic N) is 1. The lowest BCUT2D eigenvalue weighted by molar-refractivity contribution is -0.132. The molecule has 0 atom stereocenters. The Morgan fingerprint density at radius 3 is 2.40 bits per heavy atom. The van der Waals surface area contributed by atoms with Crippen LogP contribution in [0, 0.1) is 5.92 Å². The molecular weight excluding hydrogens is 212 g/mol. The van der Waals surface area contributed by atoms with Crippen LogP contribution in [0.1, 0.15) is 32.1 Å². The van der Waals surface area contributed by atoms with E-state index in [0.29, 0.717) is 11.8 Å². The summed E-state index contributed by atoms with van der Waals surface area (Å²) in [7, 11) is 0. The highest BCUT2D eigenvalue weighted by Crippen LogP contribution is 2.27. The maximum absolute atomic E-state index is 11.9. The molecule has 88 valence electrons. The molecule has 15 heavy (non-hydrogen) atoms. The fraction of sp³-hybridized carbons (Fsp3) is 0.909. The zero-order chi connectivity index (χ0) is 9.80. The van der Waals surface area contributed by atoms with Crippen LogP contribution in [0.5, 0.6) is 0 Å². The Hall–Kier alpha value is -0.280. The number of halogens is 1. The highest BCUT2D eigenvalue weighted by Gasteiger charge is 2.22. The fourth-order valence-corrected chi connectivity index (χ4v) is 2.50. The normalized spacial score (nSPS) is 22.5. The predicted molar refractivity (Wildman–Crippen MR) is 63.3 cm³/mol. The molecule has 1 heterocycles. The number of nitrogens with one attached hydrogen (secondary N) is 1. The van der Waals surface area contributed by atoms with Gasteiger partial charge in [0.15, 0.2) is 0 Å². The van der Waals surface area contributed by atoms with Gasteiger partial charge in [-0.15, -0.1) is 12.4 Å². The number of carbonyl (C=O) groups excluding carboxylic acids is 1. The Morgan fingerprint density at radius 1 is 1.20 bits per heavy atom. The van der Waals surface area contributed by atoms with Crippen molar-refractivity contribution in [2.24, 2.45) is 5.92 Å². The summed E-state index contributed by atoms with van der Waals surface area (Å²) >= 11 is 0. The molecule has 0 unspecified atom stereocenters. The van der Waals surface area contributed by atoms with Gasteiger partial charge in [0.25, 0.3) is 0 Å². The second-order valence-electron chi connectivity index (χ2n) is 4.49. The average Bonchev–Trinajstić information content (AvgIpc) is 2.72. The number of rotatable bonds is 2.